The normalized spacial score (nSPS) is 18.7. The first kappa shape index (κ1) is 17.5. The van der Waals surface area contributed by atoms with Crippen LogP contribution in [-0.2, 0) is 0 Å². The van der Waals surface area contributed by atoms with Gasteiger partial charge in [-0.2, -0.15) is 0 Å². The molecule has 1 aliphatic rings. The first-order valence-corrected chi connectivity index (χ1v) is 6.97. The summed E-state index contributed by atoms with van der Waals surface area (Å²) in [7, 11) is 2.56. The van der Waals surface area contributed by atoms with Crippen LogP contribution < -0.4 is 0 Å². The third-order valence-electron chi connectivity index (χ3n) is 2.65. The zero-order valence-corrected chi connectivity index (χ0v) is 12.3. The number of aliphatic hydroxyl groups excluding tert-OH is 2. The number of rotatable bonds is 5. The Kier molecular flexibility index (Phi) is 9.17. The average molecular weight is 274 g/mol. The number of allylic oxidation sites excluding steroid dienone is 5. The van der Waals surface area contributed by atoms with Crippen molar-refractivity contribution in [3.05, 3.63) is 35.7 Å². The van der Waals surface area contributed by atoms with Crippen LogP contribution in [0.2, 0.25) is 0 Å². The van der Waals surface area contributed by atoms with Crippen LogP contribution in [0.5, 0.6) is 0 Å². The minimum absolute atomic E-state index is 0.111. The molecule has 18 heavy (non-hydrogen) atoms. The maximum Gasteiger partial charge on any atom is 0.108 e. The molecule has 4 heteroatoms. The van der Waals surface area contributed by atoms with Gasteiger partial charge in [-0.25, -0.2) is 4.39 Å². The van der Waals surface area contributed by atoms with Gasteiger partial charge >= 0.3 is 0 Å². The van der Waals surface area contributed by atoms with Crippen LogP contribution in [0.3, 0.4) is 0 Å². The van der Waals surface area contributed by atoms with Gasteiger partial charge < -0.3 is 10.2 Å². The molecule has 0 spiro atoms. The summed E-state index contributed by atoms with van der Waals surface area (Å²) in [6.45, 7) is 7.59. The largest absolute Gasteiger partial charge is 0.396 e. The van der Waals surface area contributed by atoms with E-state index in [0.717, 1.165) is 0 Å². The SMILES string of the molecule is C=C(CC(CO)CO)C1=C(F)CC(P)C=C1.CC. The van der Waals surface area contributed by atoms with Crippen molar-refractivity contribution in [2.24, 2.45) is 5.92 Å². The minimum Gasteiger partial charge on any atom is -0.396 e. The fourth-order valence-corrected chi connectivity index (χ4v) is 1.97. The summed E-state index contributed by atoms with van der Waals surface area (Å²) < 4.78 is 13.6. The lowest BCUT2D eigenvalue weighted by Crippen LogP contribution is -2.13. The zero-order valence-electron chi connectivity index (χ0n) is 11.2. The molecule has 0 aromatic heterocycles. The smallest absolute Gasteiger partial charge is 0.108 e. The van der Waals surface area contributed by atoms with E-state index in [-0.39, 0.29) is 30.6 Å². The first-order valence-electron chi connectivity index (χ1n) is 6.30. The summed E-state index contributed by atoms with van der Waals surface area (Å²) >= 11 is 0. The van der Waals surface area contributed by atoms with Gasteiger partial charge in [0.05, 0.1) is 0 Å². The second kappa shape index (κ2) is 9.43. The maximum absolute atomic E-state index is 13.6. The predicted molar refractivity (Wildman–Crippen MR) is 78.2 cm³/mol. The molecule has 0 saturated heterocycles. The Hall–Kier alpha value is -0.500. The summed E-state index contributed by atoms with van der Waals surface area (Å²) in [5.41, 5.74) is 1.30. The Morgan fingerprint density at radius 1 is 1.50 bits per heavy atom. The number of hydrogen-bond acceptors (Lipinski definition) is 2. The van der Waals surface area contributed by atoms with Gasteiger partial charge in [-0.05, 0) is 17.7 Å². The average Bonchev–Trinajstić information content (AvgIpc) is 2.38. The summed E-state index contributed by atoms with van der Waals surface area (Å²) in [4.78, 5) is 0. The molecule has 0 heterocycles. The quantitative estimate of drug-likeness (QED) is 0.757. The fourth-order valence-electron chi connectivity index (χ4n) is 1.65. The maximum atomic E-state index is 13.6. The molecule has 1 rings (SSSR count). The predicted octanol–water partition coefficient (Wildman–Crippen LogP) is 2.99. The molecule has 0 aromatic rings. The van der Waals surface area contributed by atoms with Crippen molar-refractivity contribution in [3.63, 3.8) is 0 Å². The molecular formula is C14H24FO2P. The number of aliphatic hydroxyl groups is 2. The fraction of sp³-hybridized carbons (Fsp3) is 0.571. The van der Waals surface area contributed by atoms with Gasteiger partial charge in [0, 0.05) is 31.1 Å². The molecule has 0 aromatic carbocycles. The van der Waals surface area contributed by atoms with Gasteiger partial charge in [-0.1, -0.05) is 32.6 Å². The van der Waals surface area contributed by atoms with E-state index in [1.54, 1.807) is 6.08 Å². The van der Waals surface area contributed by atoms with Gasteiger partial charge in [0.1, 0.15) is 5.83 Å². The molecule has 2 unspecified atom stereocenters. The van der Waals surface area contributed by atoms with Crippen LogP contribution in [0.4, 0.5) is 4.39 Å². The number of hydrogen-bond donors (Lipinski definition) is 2. The van der Waals surface area contributed by atoms with E-state index in [0.29, 0.717) is 24.0 Å². The Morgan fingerprint density at radius 2 is 2.06 bits per heavy atom. The number of halogens is 1. The van der Waals surface area contributed by atoms with E-state index in [9.17, 15) is 4.39 Å². The van der Waals surface area contributed by atoms with Crippen molar-refractivity contribution in [1.82, 2.24) is 0 Å². The van der Waals surface area contributed by atoms with E-state index in [4.69, 9.17) is 10.2 Å². The lowest BCUT2D eigenvalue weighted by Gasteiger charge is -2.18. The van der Waals surface area contributed by atoms with E-state index in [1.807, 2.05) is 19.9 Å². The highest BCUT2D eigenvalue weighted by atomic mass is 31.0. The second-order valence-electron chi connectivity index (χ2n) is 4.08. The molecule has 0 radical (unpaired) electrons. The van der Waals surface area contributed by atoms with Crippen molar-refractivity contribution in [1.29, 1.82) is 0 Å². The van der Waals surface area contributed by atoms with Crippen molar-refractivity contribution >= 4 is 9.24 Å². The molecule has 0 aliphatic heterocycles. The van der Waals surface area contributed by atoms with Gasteiger partial charge in [-0.15, -0.1) is 9.24 Å². The summed E-state index contributed by atoms with van der Waals surface area (Å²) in [6, 6.07) is 0. The van der Waals surface area contributed by atoms with Crippen molar-refractivity contribution in [2.75, 3.05) is 13.2 Å². The Balaban J connectivity index is 0.00000137. The highest BCUT2D eigenvalue weighted by Crippen LogP contribution is 2.30. The Labute approximate surface area is 111 Å². The van der Waals surface area contributed by atoms with E-state index >= 15 is 0 Å². The van der Waals surface area contributed by atoms with E-state index in [2.05, 4.69) is 15.8 Å². The monoisotopic (exact) mass is 274 g/mol. The molecule has 104 valence electrons. The van der Waals surface area contributed by atoms with Crippen LogP contribution in [0.1, 0.15) is 26.7 Å². The van der Waals surface area contributed by atoms with E-state index in [1.165, 1.54) is 0 Å². The highest BCUT2D eigenvalue weighted by Gasteiger charge is 2.17. The molecule has 0 amide bonds. The lowest BCUT2D eigenvalue weighted by atomic mass is 9.92. The molecular weight excluding hydrogens is 250 g/mol. The molecule has 0 saturated carbocycles. The van der Waals surface area contributed by atoms with Crippen LogP contribution >= 0.6 is 9.24 Å². The topological polar surface area (TPSA) is 40.5 Å². The van der Waals surface area contributed by atoms with Crippen LogP contribution in [0.15, 0.2) is 35.7 Å². The van der Waals surface area contributed by atoms with Gasteiger partial charge in [0.15, 0.2) is 0 Å². The third kappa shape index (κ3) is 5.43. The van der Waals surface area contributed by atoms with Crippen molar-refractivity contribution in [2.45, 2.75) is 32.3 Å². The molecule has 2 N–H and O–H groups in total. The molecule has 1 aliphatic carbocycles. The Morgan fingerprint density at radius 3 is 2.50 bits per heavy atom. The summed E-state index contributed by atoms with van der Waals surface area (Å²) in [6.07, 6.45) is 4.44. The summed E-state index contributed by atoms with van der Waals surface area (Å²) in [5, 5.41) is 17.9. The highest BCUT2D eigenvalue weighted by molar-refractivity contribution is 7.17. The molecule has 0 fully saturated rings. The second-order valence-corrected chi connectivity index (χ2v) is 4.94. The zero-order chi connectivity index (χ0) is 14.1. The van der Waals surface area contributed by atoms with Gasteiger partial charge in [0.25, 0.3) is 0 Å². The van der Waals surface area contributed by atoms with Crippen LogP contribution in [0.25, 0.3) is 0 Å². The van der Waals surface area contributed by atoms with E-state index < -0.39 is 0 Å². The molecule has 0 bridgehead atoms. The van der Waals surface area contributed by atoms with Crippen LogP contribution in [0, 0.1) is 5.92 Å². The summed E-state index contributed by atoms with van der Waals surface area (Å²) in [5.74, 6) is -0.419. The van der Waals surface area contributed by atoms with Crippen molar-refractivity contribution < 1.29 is 14.6 Å². The van der Waals surface area contributed by atoms with Gasteiger partial charge in [0.2, 0.25) is 0 Å². The molecule has 2 nitrogen and oxygen atoms in total. The Bertz CT molecular complexity index is 320. The standard InChI is InChI=1S/C12H18FO2P.C2H6/c1-8(4-9(6-14)7-15)11-3-2-10(16)5-12(11)13;1-2/h2-3,9-10,14-15H,1,4-7,16H2;1-2H3. The third-order valence-corrected chi connectivity index (χ3v) is 3.11. The molecule has 2 atom stereocenters. The van der Waals surface area contributed by atoms with Gasteiger partial charge in [-0.3, -0.25) is 0 Å². The van der Waals surface area contributed by atoms with Crippen LogP contribution in [-0.4, -0.2) is 29.1 Å². The lowest BCUT2D eigenvalue weighted by molar-refractivity contribution is 0.150. The first-order chi connectivity index (χ1) is 8.58. The van der Waals surface area contributed by atoms with Crippen molar-refractivity contribution in [3.8, 4) is 0 Å². The minimum atomic E-state index is -0.255.